The van der Waals surface area contributed by atoms with Gasteiger partial charge in [0.2, 0.25) is 0 Å². The molecule has 0 aliphatic rings. The van der Waals surface area contributed by atoms with Crippen LogP contribution in [0.1, 0.15) is 26.2 Å². The zero-order valence-corrected chi connectivity index (χ0v) is 6.17. The third kappa shape index (κ3) is 5.91. The van der Waals surface area contributed by atoms with Gasteiger partial charge in [-0.25, -0.2) is 0 Å². The van der Waals surface area contributed by atoms with Crippen LogP contribution >= 0.6 is 12.6 Å². The fourth-order valence-electron chi connectivity index (χ4n) is 0.358. The third-order valence-electron chi connectivity index (χ3n) is 0.737. The number of thiol groups is 1. The molecular weight excluding hydrogens is 116 g/mol. The van der Waals surface area contributed by atoms with Gasteiger partial charge >= 0.3 is 0 Å². The van der Waals surface area contributed by atoms with Crippen molar-refractivity contribution in [3.8, 4) is 11.8 Å². The Balaban J connectivity index is 2.95. The molecular formula is C7H12S. The molecule has 0 rings (SSSR count). The zero-order valence-electron chi connectivity index (χ0n) is 5.28. The third-order valence-corrected chi connectivity index (χ3v) is 0.960. The van der Waals surface area contributed by atoms with Crippen LogP contribution in [0.25, 0.3) is 0 Å². The average Bonchev–Trinajstić information content (AvgIpc) is 1.81. The number of hydrogen-bond acceptors (Lipinski definition) is 1. The lowest BCUT2D eigenvalue weighted by Gasteiger charge is -1.77. The Bertz CT molecular complexity index is 76.3. The van der Waals surface area contributed by atoms with Crippen LogP contribution in [0.4, 0.5) is 0 Å². The molecule has 0 aliphatic heterocycles. The molecule has 0 saturated carbocycles. The summed E-state index contributed by atoms with van der Waals surface area (Å²) in [5.41, 5.74) is 0. The van der Waals surface area contributed by atoms with E-state index in [-0.39, 0.29) is 0 Å². The van der Waals surface area contributed by atoms with Crippen LogP contribution in [0, 0.1) is 11.8 Å². The van der Waals surface area contributed by atoms with E-state index in [4.69, 9.17) is 0 Å². The summed E-state index contributed by atoms with van der Waals surface area (Å²) in [7, 11) is 0. The highest BCUT2D eigenvalue weighted by molar-refractivity contribution is 7.80. The second-order valence-corrected chi connectivity index (χ2v) is 2.02. The summed E-state index contributed by atoms with van der Waals surface area (Å²) in [6.07, 6.45) is 3.14. The van der Waals surface area contributed by atoms with E-state index in [1.165, 1.54) is 6.42 Å². The topological polar surface area (TPSA) is 0 Å². The summed E-state index contributed by atoms with van der Waals surface area (Å²) in [4.78, 5) is 0. The van der Waals surface area contributed by atoms with E-state index in [1.807, 2.05) is 0 Å². The number of unbranched alkanes of at least 4 members (excludes halogenated alkanes) is 1. The van der Waals surface area contributed by atoms with Crippen molar-refractivity contribution in [1.82, 2.24) is 0 Å². The molecule has 0 fully saturated rings. The Hall–Kier alpha value is -0.0900. The summed E-state index contributed by atoms with van der Waals surface area (Å²) in [5, 5.41) is 0. The highest BCUT2D eigenvalue weighted by Gasteiger charge is 1.70. The van der Waals surface area contributed by atoms with Crippen LogP contribution < -0.4 is 0 Å². The van der Waals surface area contributed by atoms with E-state index < -0.39 is 0 Å². The first kappa shape index (κ1) is 7.91. The first-order valence-corrected chi connectivity index (χ1v) is 3.61. The molecule has 0 aromatic heterocycles. The van der Waals surface area contributed by atoms with Gasteiger partial charge in [0.15, 0.2) is 0 Å². The Morgan fingerprint density at radius 2 is 1.88 bits per heavy atom. The van der Waals surface area contributed by atoms with Gasteiger partial charge in [0.25, 0.3) is 0 Å². The molecule has 0 saturated heterocycles. The van der Waals surface area contributed by atoms with Crippen LogP contribution in [-0.4, -0.2) is 5.75 Å². The predicted molar refractivity (Wildman–Crippen MR) is 41.2 cm³/mol. The zero-order chi connectivity index (χ0) is 6.24. The van der Waals surface area contributed by atoms with Crippen molar-refractivity contribution in [2.24, 2.45) is 0 Å². The van der Waals surface area contributed by atoms with E-state index >= 15 is 0 Å². The van der Waals surface area contributed by atoms with Gasteiger partial charge in [0.05, 0.1) is 0 Å². The minimum Gasteiger partial charge on any atom is -0.178 e. The van der Waals surface area contributed by atoms with Gasteiger partial charge in [-0.15, -0.1) is 11.8 Å². The summed E-state index contributed by atoms with van der Waals surface area (Å²) in [6, 6.07) is 0. The summed E-state index contributed by atoms with van der Waals surface area (Å²) >= 11 is 4.02. The van der Waals surface area contributed by atoms with E-state index in [0.717, 1.165) is 18.6 Å². The van der Waals surface area contributed by atoms with Crippen molar-refractivity contribution in [3.05, 3.63) is 0 Å². The van der Waals surface area contributed by atoms with Gasteiger partial charge in [-0.2, -0.15) is 12.6 Å². The maximum absolute atomic E-state index is 4.02. The van der Waals surface area contributed by atoms with Crippen LogP contribution in [0.5, 0.6) is 0 Å². The second kappa shape index (κ2) is 6.91. The molecule has 0 aromatic carbocycles. The number of rotatable bonds is 2. The highest BCUT2D eigenvalue weighted by atomic mass is 32.1. The van der Waals surface area contributed by atoms with Gasteiger partial charge in [0, 0.05) is 18.6 Å². The molecule has 0 nitrogen and oxygen atoms in total. The normalized spacial score (nSPS) is 7.75. The molecule has 0 atom stereocenters. The van der Waals surface area contributed by atoms with Gasteiger partial charge in [-0.05, 0) is 6.42 Å². The van der Waals surface area contributed by atoms with Gasteiger partial charge in [0.1, 0.15) is 0 Å². The van der Waals surface area contributed by atoms with Crippen molar-refractivity contribution in [2.75, 3.05) is 5.75 Å². The van der Waals surface area contributed by atoms with Crippen molar-refractivity contribution in [2.45, 2.75) is 26.2 Å². The molecule has 46 valence electrons. The summed E-state index contributed by atoms with van der Waals surface area (Å²) in [5.74, 6) is 6.93. The summed E-state index contributed by atoms with van der Waals surface area (Å²) < 4.78 is 0. The standard InChI is InChI=1S/C7H12S/c1-2-3-4-5-6-7-8/h8H,2-3,6-7H2,1H3. The molecule has 8 heavy (non-hydrogen) atoms. The first-order valence-electron chi connectivity index (χ1n) is 2.98. The Kier molecular flexibility index (Phi) is 6.83. The van der Waals surface area contributed by atoms with Crippen molar-refractivity contribution >= 4 is 12.6 Å². The fraction of sp³-hybridized carbons (Fsp3) is 0.714. The lowest BCUT2D eigenvalue weighted by atomic mass is 10.3. The molecule has 0 amide bonds. The van der Waals surface area contributed by atoms with Crippen LogP contribution in [0.15, 0.2) is 0 Å². The maximum Gasteiger partial charge on any atom is 0.0177 e. The minimum absolute atomic E-state index is 0.886. The maximum atomic E-state index is 4.02. The van der Waals surface area contributed by atoms with Crippen molar-refractivity contribution in [3.63, 3.8) is 0 Å². The van der Waals surface area contributed by atoms with Gasteiger partial charge in [-0.3, -0.25) is 0 Å². The van der Waals surface area contributed by atoms with Crippen molar-refractivity contribution < 1.29 is 0 Å². The molecule has 0 aliphatic carbocycles. The molecule has 0 bridgehead atoms. The Labute approximate surface area is 57.1 Å². The lowest BCUT2D eigenvalue weighted by molar-refractivity contribution is 0.981. The molecule has 0 spiro atoms. The van der Waals surface area contributed by atoms with Crippen LogP contribution in [-0.2, 0) is 0 Å². The molecule has 0 aromatic rings. The summed E-state index contributed by atoms with van der Waals surface area (Å²) in [6.45, 7) is 2.13. The van der Waals surface area contributed by atoms with Crippen LogP contribution in [0.3, 0.4) is 0 Å². The molecule has 0 N–H and O–H groups in total. The SMILES string of the molecule is CCCC#CCCS. The van der Waals surface area contributed by atoms with E-state index in [9.17, 15) is 0 Å². The largest absolute Gasteiger partial charge is 0.178 e. The molecule has 1 heteroatoms. The van der Waals surface area contributed by atoms with E-state index in [2.05, 4.69) is 31.4 Å². The molecule has 0 radical (unpaired) electrons. The monoisotopic (exact) mass is 128 g/mol. The van der Waals surface area contributed by atoms with Gasteiger partial charge < -0.3 is 0 Å². The first-order chi connectivity index (χ1) is 3.91. The highest BCUT2D eigenvalue weighted by Crippen LogP contribution is 1.83. The lowest BCUT2D eigenvalue weighted by Crippen LogP contribution is -1.67. The van der Waals surface area contributed by atoms with E-state index in [1.54, 1.807) is 0 Å². The van der Waals surface area contributed by atoms with Crippen LogP contribution in [0.2, 0.25) is 0 Å². The molecule has 0 unspecified atom stereocenters. The average molecular weight is 128 g/mol. The fourth-order valence-corrected chi connectivity index (χ4v) is 0.469. The molecule has 0 heterocycles. The Morgan fingerprint density at radius 3 is 2.38 bits per heavy atom. The number of hydrogen-bond donors (Lipinski definition) is 1. The smallest absolute Gasteiger partial charge is 0.0177 e. The van der Waals surface area contributed by atoms with Crippen molar-refractivity contribution in [1.29, 1.82) is 0 Å². The second-order valence-electron chi connectivity index (χ2n) is 1.58. The minimum atomic E-state index is 0.886. The quantitative estimate of drug-likeness (QED) is 0.427. The predicted octanol–water partition coefficient (Wildman–Crippen LogP) is 2.11. The Morgan fingerprint density at radius 1 is 1.25 bits per heavy atom. The van der Waals surface area contributed by atoms with Gasteiger partial charge in [-0.1, -0.05) is 6.92 Å². The van der Waals surface area contributed by atoms with E-state index in [0.29, 0.717) is 0 Å².